The molecule has 0 aliphatic heterocycles. The number of aromatic nitrogens is 4. The van der Waals surface area contributed by atoms with Gasteiger partial charge in [-0.3, -0.25) is 14.2 Å². The summed E-state index contributed by atoms with van der Waals surface area (Å²) in [7, 11) is 0. The van der Waals surface area contributed by atoms with Gasteiger partial charge in [0, 0.05) is 19.0 Å². The topological polar surface area (TPSA) is 101 Å². The summed E-state index contributed by atoms with van der Waals surface area (Å²) in [4.78, 5) is 37.2. The summed E-state index contributed by atoms with van der Waals surface area (Å²) >= 11 is 0. The van der Waals surface area contributed by atoms with E-state index in [-0.39, 0.29) is 36.3 Å². The highest BCUT2D eigenvalue weighted by Gasteiger charge is 2.18. The first kappa shape index (κ1) is 16.6. The van der Waals surface area contributed by atoms with Crippen LogP contribution in [-0.2, 0) is 11.3 Å². The predicted octanol–water partition coefficient (Wildman–Crippen LogP) is 1.18. The molecule has 0 saturated heterocycles. The minimum atomic E-state index is -0.406. The average Bonchev–Trinajstić information content (AvgIpc) is 3.04. The van der Waals surface area contributed by atoms with E-state index in [9.17, 15) is 14.4 Å². The number of carbonyl (C=O) groups excluding carboxylic acids is 1. The number of H-pyrrole nitrogens is 1. The van der Waals surface area contributed by atoms with Crippen molar-refractivity contribution in [3.63, 3.8) is 0 Å². The van der Waals surface area contributed by atoms with Gasteiger partial charge >= 0.3 is 5.69 Å². The van der Waals surface area contributed by atoms with Gasteiger partial charge in [0.05, 0.1) is 10.9 Å². The number of rotatable bonds is 4. The third-order valence-electron chi connectivity index (χ3n) is 5.05. The van der Waals surface area contributed by atoms with Gasteiger partial charge in [0.15, 0.2) is 0 Å². The first-order valence-corrected chi connectivity index (χ1v) is 9.03. The molecule has 1 aliphatic carbocycles. The van der Waals surface area contributed by atoms with Gasteiger partial charge in [-0.2, -0.15) is 0 Å². The third-order valence-corrected chi connectivity index (χ3v) is 5.05. The standard InChI is InChI=1S/C18H21N5O3/c24-15(19-12-6-2-1-3-7-12)10-11-22-16(25)13-8-4-5-9-14(13)23-17(22)20-21-18(23)26/h4-5,8-9,12H,1-3,6-7,10-11H2,(H,19,24)(H,21,26). The van der Waals surface area contributed by atoms with Crippen LogP contribution in [-0.4, -0.2) is 31.1 Å². The monoisotopic (exact) mass is 355 g/mol. The van der Waals surface area contributed by atoms with Crippen LogP contribution in [0.25, 0.3) is 16.7 Å². The number of aryl methyl sites for hydroxylation is 1. The Labute approximate surface area is 148 Å². The smallest absolute Gasteiger partial charge is 0.349 e. The molecule has 1 fully saturated rings. The highest BCUT2D eigenvalue weighted by Crippen LogP contribution is 2.17. The molecule has 0 bridgehead atoms. The fourth-order valence-electron chi connectivity index (χ4n) is 3.73. The van der Waals surface area contributed by atoms with Gasteiger partial charge in [-0.25, -0.2) is 14.3 Å². The van der Waals surface area contributed by atoms with Crippen LogP contribution in [0.3, 0.4) is 0 Å². The Hall–Kier alpha value is -2.90. The van der Waals surface area contributed by atoms with Crippen LogP contribution in [0.5, 0.6) is 0 Å². The van der Waals surface area contributed by atoms with E-state index >= 15 is 0 Å². The van der Waals surface area contributed by atoms with Crippen LogP contribution in [0.1, 0.15) is 38.5 Å². The zero-order valence-electron chi connectivity index (χ0n) is 14.4. The number of carbonyl (C=O) groups is 1. The molecule has 0 spiro atoms. The summed E-state index contributed by atoms with van der Waals surface area (Å²) in [5.74, 6) is 0.150. The molecular formula is C18H21N5O3. The first-order chi connectivity index (χ1) is 12.6. The van der Waals surface area contributed by atoms with Crippen molar-refractivity contribution >= 4 is 22.6 Å². The van der Waals surface area contributed by atoms with E-state index in [0.29, 0.717) is 10.9 Å². The lowest BCUT2D eigenvalue weighted by Crippen LogP contribution is -2.37. The number of hydrogen-bond donors (Lipinski definition) is 2. The number of aromatic amines is 1. The van der Waals surface area contributed by atoms with Crippen molar-refractivity contribution in [3.8, 4) is 0 Å². The molecular weight excluding hydrogens is 334 g/mol. The van der Waals surface area contributed by atoms with Gasteiger partial charge in [0.2, 0.25) is 11.7 Å². The van der Waals surface area contributed by atoms with E-state index < -0.39 is 5.69 Å². The van der Waals surface area contributed by atoms with E-state index in [1.54, 1.807) is 24.3 Å². The molecule has 8 heteroatoms. The second kappa shape index (κ2) is 6.78. The molecule has 0 unspecified atom stereocenters. The summed E-state index contributed by atoms with van der Waals surface area (Å²) in [6, 6.07) is 7.14. The summed E-state index contributed by atoms with van der Waals surface area (Å²) in [6.45, 7) is 0.177. The normalized spacial score (nSPS) is 15.5. The molecule has 8 nitrogen and oxygen atoms in total. The summed E-state index contributed by atoms with van der Waals surface area (Å²) in [5, 5.41) is 9.84. The van der Waals surface area contributed by atoms with Gasteiger partial charge in [-0.05, 0) is 25.0 Å². The fourth-order valence-corrected chi connectivity index (χ4v) is 3.73. The van der Waals surface area contributed by atoms with Crippen LogP contribution in [0.2, 0.25) is 0 Å². The zero-order chi connectivity index (χ0) is 18.1. The number of nitrogens with one attached hydrogen (secondary N) is 2. The number of hydrogen-bond acceptors (Lipinski definition) is 4. The van der Waals surface area contributed by atoms with Gasteiger partial charge < -0.3 is 5.32 Å². The fraction of sp³-hybridized carbons (Fsp3) is 0.444. The Balaban J connectivity index is 1.63. The molecule has 3 aromatic rings. The highest BCUT2D eigenvalue weighted by atomic mass is 16.2. The average molecular weight is 355 g/mol. The minimum Gasteiger partial charge on any atom is -0.353 e. The molecule has 4 rings (SSSR count). The number of nitrogens with zero attached hydrogens (tertiary/aromatic N) is 3. The number of amides is 1. The molecule has 2 aromatic heterocycles. The van der Waals surface area contributed by atoms with Gasteiger partial charge in [-0.15, -0.1) is 5.10 Å². The van der Waals surface area contributed by atoms with Crippen molar-refractivity contribution in [1.29, 1.82) is 0 Å². The second-order valence-electron chi connectivity index (χ2n) is 6.79. The molecule has 136 valence electrons. The Morgan fingerprint density at radius 1 is 1.19 bits per heavy atom. The Morgan fingerprint density at radius 3 is 2.77 bits per heavy atom. The lowest BCUT2D eigenvalue weighted by molar-refractivity contribution is -0.122. The molecule has 2 heterocycles. The number of para-hydroxylation sites is 1. The summed E-state index contributed by atoms with van der Waals surface area (Å²) in [6.07, 6.45) is 5.72. The minimum absolute atomic E-state index is 0.0759. The molecule has 1 aliphatic rings. The lowest BCUT2D eigenvalue weighted by atomic mass is 9.95. The maximum Gasteiger partial charge on any atom is 0.349 e. The van der Waals surface area contributed by atoms with E-state index in [1.165, 1.54) is 15.4 Å². The Bertz CT molecular complexity index is 1070. The quantitative estimate of drug-likeness (QED) is 0.734. The molecule has 26 heavy (non-hydrogen) atoms. The predicted molar refractivity (Wildman–Crippen MR) is 97.2 cm³/mol. The van der Waals surface area contributed by atoms with Crippen molar-refractivity contribution in [1.82, 2.24) is 24.5 Å². The second-order valence-corrected chi connectivity index (χ2v) is 6.79. The van der Waals surface area contributed by atoms with Crippen LogP contribution in [0.15, 0.2) is 33.9 Å². The molecule has 0 atom stereocenters. The van der Waals surface area contributed by atoms with Gasteiger partial charge in [0.1, 0.15) is 0 Å². The lowest BCUT2D eigenvalue weighted by Gasteiger charge is -2.22. The molecule has 0 radical (unpaired) electrons. The van der Waals surface area contributed by atoms with Gasteiger partial charge in [-0.1, -0.05) is 31.4 Å². The summed E-state index contributed by atoms with van der Waals surface area (Å²) in [5.41, 5.74) is -0.150. The maximum atomic E-state index is 12.8. The zero-order valence-corrected chi connectivity index (χ0v) is 14.4. The van der Waals surface area contributed by atoms with Crippen LogP contribution < -0.4 is 16.6 Å². The highest BCUT2D eigenvalue weighted by molar-refractivity contribution is 5.80. The molecule has 1 aromatic carbocycles. The van der Waals surface area contributed by atoms with E-state index in [2.05, 4.69) is 15.5 Å². The van der Waals surface area contributed by atoms with Crippen LogP contribution >= 0.6 is 0 Å². The van der Waals surface area contributed by atoms with Gasteiger partial charge in [0.25, 0.3) is 5.56 Å². The van der Waals surface area contributed by atoms with Crippen molar-refractivity contribution in [2.75, 3.05) is 0 Å². The van der Waals surface area contributed by atoms with E-state index in [0.717, 1.165) is 25.7 Å². The number of fused-ring (bicyclic) bond motifs is 3. The number of benzene rings is 1. The largest absolute Gasteiger partial charge is 0.353 e. The SMILES string of the molecule is O=C(CCn1c(=O)c2ccccc2n2c(=O)[nH]nc12)NC1CCCCC1. The molecule has 2 N–H and O–H groups in total. The van der Waals surface area contributed by atoms with Crippen molar-refractivity contribution in [3.05, 3.63) is 45.1 Å². The third kappa shape index (κ3) is 2.91. The van der Waals surface area contributed by atoms with E-state index in [1.807, 2.05) is 0 Å². The summed E-state index contributed by atoms with van der Waals surface area (Å²) < 4.78 is 2.76. The molecule has 1 saturated carbocycles. The Kier molecular flexibility index (Phi) is 4.32. The van der Waals surface area contributed by atoms with Crippen molar-refractivity contribution < 1.29 is 4.79 Å². The molecule has 1 amide bonds. The first-order valence-electron chi connectivity index (χ1n) is 9.03. The van der Waals surface area contributed by atoms with Crippen LogP contribution in [0, 0.1) is 0 Å². The van der Waals surface area contributed by atoms with Crippen molar-refractivity contribution in [2.45, 2.75) is 51.1 Å². The maximum absolute atomic E-state index is 12.8. The van der Waals surface area contributed by atoms with E-state index in [4.69, 9.17) is 0 Å². The Morgan fingerprint density at radius 2 is 1.96 bits per heavy atom. The van der Waals surface area contributed by atoms with Crippen molar-refractivity contribution in [2.24, 2.45) is 0 Å². The van der Waals surface area contributed by atoms with Crippen LogP contribution in [0.4, 0.5) is 0 Å².